The van der Waals surface area contributed by atoms with Gasteiger partial charge in [-0.3, -0.25) is 4.79 Å². The molecule has 0 radical (unpaired) electrons. The van der Waals surface area contributed by atoms with Gasteiger partial charge in [0.15, 0.2) is 0 Å². The molecule has 1 N–H and O–H groups in total. The fourth-order valence-electron chi connectivity index (χ4n) is 3.41. The minimum absolute atomic E-state index is 0.0243. The molecule has 0 atom stereocenters. The smallest absolute Gasteiger partial charge is 0.328 e. The molecule has 1 amide bonds. The molecule has 0 saturated carbocycles. The lowest BCUT2D eigenvalue weighted by Gasteiger charge is -2.32. The van der Waals surface area contributed by atoms with E-state index in [1.807, 2.05) is 36.9 Å². The van der Waals surface area contributed by atoms with Gasteiger partial charge in [0.1, 0.15) is 6.54 Å². The fourth-order valence-corrected chi connectivity index (χ4v) is 3.41. The van der Waals surface area contributed by atoms with Gasteiger partial charge in [-0.05, 0) is 49.2 Å². The first-order chi connectivity index (χ1) is 12.7. The molecule has 144 valence electrons. The van der Waals surface area contributed by atoms with Crippen molar-refractivity contribution in [3.05, 3.63) is 70.3 Å². The first kappa shape index (κ1) is 19.4. The Labute approximate surface area is 157 Å². The van der Waals surface area contributed by atoms with Crippen molar-refractivity contribution in [3.63, 3.8) is 0 Å². The Hall–Kier alpha value is -2.34. The molecule has 2 aromatic rings. The van der Waals surface area contributed by atoms with E-state index in [9.17, 15) is 18.0 Å². The zero-order valence-electron chi connectivity index (χ0n) is 15.6. The topological polar surface area (TPSA) is 24.8 Å². The van der Waals surface area contributed by atoms with Crippen molar-refractivity contribution in [1.82, 2.24) is 4.90 Å². The van der Waals surface area contributed by atoms with E-state index in [1.54, 1.807) is 6.07 Å². The van der Waals surface area contributed by atoms with Crippen LogP contribution >= 0.6 is 0 Å². The molecule has 0 spiro atoms. The average Bonchev–Trinajstić information content (AvgIpc) is 2.63. The van der Waals surface area contributed by atoms with Gasteiger partial charge in [0.05, 0.1) is 31.7 Å². The predicted octanol–water partition coefficient (Wildman–Crippen LogP) is 2.86. The lowest BCUT2D eigenvalue weighted by atomic mass is 10.1. The third-order valence-corrected chi connectivity index (χ3v) is 5.22. The predicted molar refractivity (Wildman–Crippen MR) is 97.7 cm³/mol. The summed E-state index contributed by atoms with van der Waals surface area (Å²) < 4.78 is 38.6. The van der Waals surface area contributed by atoms with Crippen molar-refractivity contribution in [2.24, 2.45) is 0 Å². The number of amides is 1. The van der Waals surface area contributed by atoms with Crippen LogP contribution in [0.4, 0.5) is 13.2 Å². The Morgan fingerprint density at radius 3 is 2.37 bits per heavy atom. The van der Waals surface area contributed by atoms with Crippen LogP contribution in [0.3, 0.4) is 0 Å². The molecule has 0 unspecified atom stereocenters. The Balaban J connectivity index is 1.59. The minimum Gasteiger partial charge on any atom is -0.328 e. The van der Waals surface area contributed by atoms with Crippen LogP contribution in [0.1, 0.15) is 32.6 Å². The second-order valence-corrected chi connectivity index (χ2v) is 7.22. The van der Waals surface area contributed by atoms with Gasteiger partial charge in [0, 0.05) is 11.1 Å². The number of quaternary nitrogens is 1. The maximum absolute atomic E-state index is 12.9. The van der Waals surface area contributed by atoms with Crippen molar-refractivity contribution < 1.29 is 22.9 Å². The first-order valence-electron chi connectivity index (χ1n) is 9.10. The van der Waals surface area contributed by atoms with Crippen molar-refractivity contribution in [2.45, 2.75) is 26.6 Å². The highest BCUT2D eigenvalue weighted by atomic mass is 19.4. The number of hydrogen-bond acceptors (Lipinski definition) is 1. The SMILES string of the molecule is Cc1ccc(C(=O)N2CC[NH+](Cc3cccc(C(F)(F)F)c3)CC2)cc1C. The van der Waals surface area contributed by atoms with Crippen LogP contribution in [-0.2, 0) is 12.7 Å². The number of carbonyl (C=O) groups excluding carboxylic acids is 1. The summed E-state index contributed by atoms with van der Waals surface area (Å²) in [4.78, 5) is 15.7. The monoisotopic (exact) mass is 377 g/mol. The fraction of sp³-hybridized carbons (Fsp3) is 0.381. The van der Waals surface area contributed by atoms with Crippen molar-refractivity contribution in [3.8, 4) is 0 Å². The molecule has 2 aromatic carbocycles. The molecule has 3 rings (SSSR count). The highest BCUT2D eigenvalue weighted by Gasteiger charge is 2.31. The zero-order chi connectivity index (χ0) is 19.6. The van der Waals surface area contributed by atoms with Crippen molar-refractivity contribution in [1.29, 1.82) is 0 Å². The Morgan fingerprint density at radius 1 is 1.04 bits per heavy atom. The van der Waals surface area contributed by atoms with Crippen LogP contribution in [0.15, 0.2) is 42.5 Å². The lowest BCUT2D eigenvalue weighted by molar-refractivity contribution is -0.917. The number of piperazine rings is 1. The van der Waals surface area contributed by atoms with E-state index >= 15 is 0 Å². The van der Waals surface area contributed by atoms with Gasteiger partial charge in [-0.1, -0.05) is 18.2 Å². The minimum atomic E-state index is -4.32. The van der Waals surface area contributed by atoms with Gasteiger partial charge < -0.3 is 9.80 Å². The molecule has 1 aliphatic rings. The summed E-state index contributed by atoms with van der Waals surface area (Å²) in [6, 6.07) is 11.2. The van der Waals surface area contributed by atoms with Gasteiger partial charge >= 0.3 is 6.18 Å². The molecule has 6 heteroatoms. The van der Waals surface area contributed by atoms with E-state index in [2.05, 4.69) is 0 Å². The number of halogens is 3. The summed E-state index contributed by atoms with van der Waals surface area (Å²) in [5.74, 6) is 0.0243. The maximum atomic E-state index is 12.9. The molecular weight excluding hydrogens is 353 g/mol. The lowest BCUT2D eigenvalue weighted by Crippen LogP contribution is -3.13. The molecule has 3 nitrogen and oxygen atoms in total. The summed E-state index contributed by atoms with van der Waals surface area (Å²) in [5, 5.41) is 0. The normalized spacial score (nSPS) is 15.8. The highest BCUT2D eigenvalue weighted by molar-refractivity contribution is 5.94. The van der Waals surface area contributed by atoms with Crippen LogP contribution in [0.5, 0.6) is 0 Å². The van der Waals surface area contributed by atoms with E-state index in [-0.39, 0.29) is 5.91 Å². The van der Waals surface area contributed by atoms with Crippen molar-refractivity contribution in [2.75, 3.05) is 26.2 Å². The number of rotatable bonds is 3. The number of carbonyl (C=O) groups is 1. The summed E-state index contributed by atoms with van der Waals surface area (Å²) in [6.07, 6.45) is -4.32. The molecule has 1 saturated heterocycles. The highest BCUT2D eigenvalue weighted by Crippen LogP contribution is 2.29. The Kier molecular flexibility index (Phi) is 5.56. The quantitative estimate of drug-likeness (QED) is 0.874. The number of hydrogen-bond donors (Lipinski definition) is 1. The van der Waals surface area contributed by atoms with E-state index in [0.29, 0.717) is 30.8 Å². The average molecular weight is 377 g/mol. The van der Waals surface area contributed by atoms with E-state index < -0.39 is 11.7 Å². The van der Waals surface area contributed by atoms with Gasteiger partial charge in [-0.15, -0.1) is 0 Å². The van der Waals surface area contributed by atoms with Gasteiger partial charge in [-0.25, -0.2) is 0 Å². The van der Waals surface area contributed by atoms with Crippen LogP contribution in [-0.4, -0.2) is 37.0 Å². The molecule has 1 aliphatic heterocycles. The number of alkyl halides is 3. The van der Waals surface area contributed by atoms with Crippen molar-refractivity contribution >= 4 is 5.91 Å². The molecule has 1 heterocycles. The summed E-state index contributed by atoms with van der Waals surface area (Å²) in [5.41, 5.74) is 3.01. The number of aryl methyl sites for hydroxylation is 2. The molecule has 27 heavy (non-hydrogen) atoms. The molecular formula is C21H24F3N2O+. The van der Waals surface area contributed by atoms with E-state index in [1.165, 1.54) is 17.0 Å². The third-order valence-electron chi connectivity index (χ3n) is 5.22. The summed E-state index contributed by atoms with van der Waals surface area (Å²) in [7, 11) is 0. The van der Waals surface area contributed by atoms with E-state index in [4.69, 9.17) is 0 Å². The first-order valence-corrected chi connectivity index (χ1v) is 9.10. The van der Waals surface area contributed by atoms with Crippen LogP contribution in [0.2, 0.25) is 0 Å². The molecule has 1 fully saturated rings. The number of benzene rings is 2. The Bertz CT molecular complexity index is 824. The summed E-state index contributed by atoms with van der Waals surface area (Å²) in [6.45, 7) is 7.22. The van der Waals surface area contributed by atoms with Crippen LogP contribution < -0.4 is 4.90 Å². The zero-order valence-corrected chi connectivity index (χ0v) is 15.6. The number of nitrogens with one attached hydrogen (secondary N) is 1. The summed E-state index contributed by atoms with van der Waals surface area (Å²) >= 11 is 0. The van der Waals surface area contributed by atoms with Crippen LogP contribution in [0, 0.1) is 13.8 Å². The second-order valence-electron chi connectivity index (χ2n) is 7.22. The second kappa shape index (κ2) is 7.72. The number of nitrogens with zero attached hydrogens (tertiary/aromatic N) is 1. The molecule has 0 bridgehead atoms. The van der Waals surface area contributed by atoms with E-state index in [0.717, 1.165) is 30.3 Å². The van der Waals surface area contributed by atoms with Gasteiger partial charge in [0.25, 0.3) is 5.91 Å². The standard InChI is InChI=1S/C21H23F3N2O/c1-15-6-7-18(12-16(15)2)20(27)26-10-8-25(9-11-26)14-17-4-3-5-19(13-17)21(22,23)24/h3-7,12-13H,8-11,14H2,1-2H3/p+1. The van der Waals surface area contributed by atoms with Gasteiger partial charge in [0.2, 0.25) is 0 Å². The van der Waals surface area contributed by atoms with Gasteiger partial charge in [-0.2, -0.15) is 13.2 Å². The largest absolute Gasteiger partial charge is 0.416 e. The molecule has 0 aromatic heterocycles. The Morgan fingerprint density at radius 2 is 1.74 bits per heavy atom. The maximum Gasteiger partial charge on any atom is 0.416 e. The van der Waals surface area contributed by atoms with Crippen LogP contribution in [0.25, 0.3) is 0 Å². The third kappa shape index (κ3) is 4.69. The molecule has 0 aliphatic carbocycles.